The van der Waals surface area contributed by atoms with Gasteiger partial charge in [0.1, 0.15) is 5.78 Å². The number of hydrogen-bond acceptors (Lipinski definition) is 5. The van der Waals surface area contributed by atoms with Gasteiger partial charge in [-0.05, 0) is 61.2 Å². The van der Waals surface area contributed by atoms with Crippen molar-refractivity contribution >= 4 is 18.1 Å². The van der Waals surface area contributed by atoms with Crippen molar-refractivity contribution in [3.8, 4) is 0 Å². The molecule has 3 saturated carbocycles. The van der Waals surface area contributed by atoms with Gasteiger partial charge in [0.25, 0.3) is 0 Å². The lowest BCUT2D eigenvalue weighted by Gasteiger charge is -2.58. The number of ketones is 1. The van der Waals surface area contributed by atoms with Gasteiger partial charge in [-0.3, -0.25) is 4.79 Å². The van der Waals surface area contributed by atoms with Crippen LogP contribution in [0.4, 0.5) is 0 Å². The molecule has 0 aromatic rings. The van der Waals surface area contributed by atoms with Crippen LogP contribution in [0.5, 0.6) is 0 Å². The van der Waals surface area contributed by atoms with E-state index in [1.807, 2.05) is 0 Å². The van der Waals surface area contributed by atoms with Gasteiger partial charge in [0.2, 0.25) is 0 Å². The lowest BCUT2D eigenvalue weighted by Crippen LogP contribution is -2.51. The second kappa shape index (κ2) is 9.39. The van der Waals surface area contributed by atoms with Crippen molar-refractivity contribution in [2.75, 3.05) is 0 Å². The summed E-state index contributed by atoms with van der Waals surface area (Å²) in [6, 6.07) is 0. The largest absolute Gasteiger partial charge is 0.373 e. The molecule has 3 aliphatic carbocycles. The van der Waals surface area contributed by atoms with E-state index in [9.17, 15) is 4.79 Å². The zero-order valence-corrected chi connectivity index (χ0v) is 16.5. The minimum Gasteiger partial charge on any atom is -0.299 e. The van der Waals surface area contributed by atoms with Crippen LogP contribution >= 0.6 is 0 Å². The molecule has 3 rings (SSSR count). The maximum atomic E-state index is 12.4. The molecule has 0 spiro atoms. The molecule has 6 atom stereocenters. The molecular formula is C21H32O5. The summed E-state index contributed by atoms with van der Waals surface area (Å²) in [6.07, 6.45) is 10.5. The molecule has 0 aliphatic heterocycles. The number of Topliss-reactive ketones (excluding diaryl/α,β-unsaturated/α-hetero) is 1. The fourth-order valence-electron chi connectivity index (χ4n) is 6.53. The van der Waals surface area contributed by atoms with Crippen molar-refractivity contribution < 1.29 is 24.0 Å². The summed E-state index contributed by atoms with van der Waals surface area (Å²) in [4.78, 5) is 44.9. The summed E-state index contributed by atoms with van der Waals surface area (Å²) in [7, 11) is 0. The highest BCUT2D eigenvalue weighted by atomic mass is 16.2. The molecular weight excluding hydrogens is 332 g/mol. The predicted octanol–water partition coefficient (Wildman–Crippen LogP) is 4.07. The lowest BCUT2D eigenvalue weighted by molar-refractivity contribution is -0.193. The van der Waals surface area contributed by atoms with E-state index < -0.39 is 0 Å². The number of rotatable bonds is 2. The fourth-order valence-corrected chi connectivity index (χ4v) is 6.53. The van der Waals surface area contributed by atoms with Crippen molar-refractivity contribution in [1.29, 1.82) is 0 Å². The molecule has 0 heterocycles. The second-order valence-corrected chi connectivity index (χ2v) is 8.50. The SMILES string of the molecule is CC[C@@H]1CC[C@@H]2[C@H](CC[C@]3(C)C(=O)CC[C@@H]23)[C@@]1(C)CC.O=C=O.O=C=O. The zero-order valence-electron chi connectivity index (χ0n) is 16.5. The molecule has 0 bridgehead atoms. The topological polar surface area (TPSA) is 85.3 Å². The van der Waals surface area contributed by atoms with E-state index in [-0.39, 0.29) is 17.7 Å². The van der Waals surface area contributed by atoms with Crippen molar-refractivity contribution in [3.05, 3.63) is 0 Å². The average molecular weight is 364 g/mol. The first-order valence-corrected chi connectivity index (χ1v) is 9.82. The van der Waals surface area contributed by atoms with E-state index >= 15 is 0 Å². The lowest BCUT2D eigenvalue weighted by atomic mass is 9.47. The van der Waals surface area contributed by atoms with Crippen LogP contribution in [0.3, 0.4) is 0 Å². The molecule has 5 heteroatoms. The number of hydrogen-bond donors (Lipinski definition) is 0. The van der Waals surface area contributed by atoms with Gasteiger partial charge >= 0.3 is 12.3 Å². The normalized spacial score (nSPS) is 40.4. The molecule has 0 unspecified atom stereocenters. The summed E-state index contributed by atoms with van der Waals surface area (Å²) >= 11 is 0. The van der Waals surface area contributed by atoms with Gasteiger partial charge < -0.3 is 0 Å². The van der Waals surface area contributed by atoms with Crippen molar-refractivity contribution in [2.24, 2.45) is 34.5 Å². The van der Waals surface area contributed by atoms with Crippen LogP contribution in [-0.4, -0.2) is 18.1 Å². The maximum absolute atomic E-state index is 12.4. The maximum Gasteiger partial charge on any atom is 0.373 e. The predicted molar refractivity (Wildman–Crippen MR) is 93.5 cm³/mol. The molecule has 0 N–H and O–H groups in total. The van der Waals surface area contributed by atoms with E-state index in [0.717, 1.165) is 24.2 Å². The van der Waals surface area contributed by atoms with Crippen LogP contribution in [0.25, 0.3) is 0 Å². The number of fused-ring (bicyclic) bond motifs is 3. The van der Waals surface area contributed by atoms with Crippen LogP contribution in [0.2, 0.25) is 0 Å². The van der Waals surface area contributed by atoms with Gasteiger partial charge in [0.05, 0.1) is 0 Å². The summed E-state index contributed by atoms with van der Waals surface area (Å²) in [5.41, 5.74) is 0.583. The van der Waals surface area contributed by atoms with E-state index in [2.05, 4.69) is 27.7 Å². The van der Waals surface area contributed by atoms with Gasteiger partial charge in [0, 0.05) is 11.8 Å². The van der Waals surface area contributed by atoms with Gasteiger partial charge in [-0.25, -0.2) is 0 Å². The van der Waals surface area contributed by atoms with Gasteiger partial charge in [-0.2, -0.15) is 19.2 Å². The highest BCUT2D eigenvalue weighted by Gasteiger charge is 2.58. The molecule has 0 amide bonds. The third-order valence-electron chi connectivity index (χ3n) is 8.03. The van der Waals surface area contributed by atoms with E-state index in [1.54, 1.807) is 0 Å². The smallest absolute Gasteiger partial charge is 0.299 e. The number of carbonyl (C=O) groups excluding carboxylic acids is 5. The van der Waals surface area contributed by atoms with Crippen LogP contribution < -0.4 is 0 Å². The Morgan fingerprint density at radius 2 is 1.50 bits per heavy atom. The minimum atomic E-state index is 0.0505. The third-order valence-corrected chi connectivity index (χ3v) is 8.03. The van der Waals surface area contributed by atoms with Crippen molar-refractivity contribution in [3.63, 3.8) is 0 Å². The van der Waals surface area contributed by atoms with Crippen LogP contribution in [-0.2, 0) is 24.0 Å². The Kier molecular flexibility index (Phi) is 8.12. The van der Waals surface area contributed by atoms with Crippen LogP contribution in [0, 0.1) is 34.5 Å². The molecule has 0 radical (unpaired) electrons. The first kappa shape index (κ1) is 22.5. The van der Waals surface area contributed by atoms with Gasteiger partial charge in [0.15, 0.2) is 0 Å². The van der Waals surface area contributed by atoms with E-state index in [0.29, 0.717) is 17.1 Å². The Morgan fingerprint density at radius 1 is 0.923 bits per heavy atom. The van der Waals surface area contributed by atoms with E-state index in [4.69, 9.17) is 19.2 Å². The quantitative estimate of drug-likeness (QED) is 0.737. The zero-order chi connectivity index (χ0) is 20.0. The molecule has 0 aromatic heterocycles. The Hall–Kier alpha value is -1.57. The Labute approximate surface area is 156 Å². The highest BCUT2D eigenvalue weighted by Crippen LogP contribution is 2.63. The summed E-state index contributed by atoms with van der Waals surface area (Å²) < 4.78 is 0. The first-order valence-electron chi connectivity index (χ1n) is 9.82. The number of carbonyl (C=O) groups is 1. The third kappa shape index (κ3) is 3.89. The standard InChI is InChI=1S/C19H32O.2CO2/c1-5-13-7-8-14-15-9-10-17(20)19(15,4)12-11-16(14)18(13,3)6-2;2*2-1-3/h13-16H,5-12H2,1-4H3;;/t13-,14+,15+,16+,18+,19+;;/m1../s1. The summed E-state index contributed by atoms with van der Waals surface area (Å²) in [5.74, 6) is 3.92. The van der Waals surface area contributed by atoms with Gasteiger partial charge in [-0.15, -0.1) is 0 Å². The fraction of sp³-hybridized carbons (Fsp3) is 0.857. The molecule has 146 valence electrons. The summed E-state index contributed by atoms with van der Waals surface area (Å²) in [6.45, 7) is 9.64. The second-order valence-electron chi connectivity index (χ2n) is 8.50. The summed E-state index contributed by atoms with van der Waals surface area (Å²) in [5, 5.41) is 0. The van der Waals surface area contributed by atoms with Crippen LogP contribution in [0.1, 0.15) is 79.1 Å². The van der Waals surface area contributed by atoms with Gasteiger partial charge in [-0.1, -0.05) is 40.5 Å². The monoisotopic (exact) mass is 364 g/mol. The van der Waals surface area contributed by atoms with E-state index in [1.165, 1.54) is 44.9 Å². The molecule has 3 fully saturated rings. The molecule has 5 nitrogen and oxygen atoms in total. The molecule has 26 heavy (non-hydrogen) atoms. The van der Waals surface area contributed by atoms with Crippen molar-refractivity contribution in [2.45, 2.75) is 79.1 Å². The average Bonchev–Trinajstić information content (AvgIpc) is 2.92. The molecule has 0 saturated heterocycles. The molecule has 3 aliphatic rings. The Morgan fingerprint density at radius 3 is 2.00 bits per heavy atom. The van der Waals surface area contributed by atoms with Crippen molar-refractivity contribution in [1.82, 2.24) is 0 Å². The first-order chi connectivity index (χ1) is 12.3. The Balaban J connectivity index is 0.000000499. The Bertz CT molecular complexity index is 547. The minimum absolute atomic E-state index is 0.0505. The highest BCUT2D eigenvalue weighted by molar-refractivity contribution is 5.87. The van der Waals surface area contributed by atoms with Crippen LogP contribution in [0.15, 0.2) is 0 Å². The molecule has 0 aromatic carbocycles.